The van der Waals surface area contributed by atoms with Gasteiger partial charge in [0.05, 0.1) is 0 Å². The van der Waals surface area contributed by atoms with Crippen LogP contribution in [-0.2, 0) is 0 Å². The summed E-state index contributed by atoms with van der Waals surface area (Å²) < 4.78 is 0. The Labute approximate surface area is 69.2 Å². The van der Waals surface area contributed by atoms with E-state index in [1.54, 1.807) is 18.3 Å². The van der Waals surface area contributed by atoms with E-state index in [1.165, 1.54) is 0 Å². The molecule has 0 fully saturated rings. The normalized spacial score (nSPS) is 11.2. The maximum absolute atomic E-state index is 5.35. The molecule has 0 saturated heterocycles. The summed E-state index contributed by atoms with van der Waals surface area (Å²) in [5, 5.41) is 0. The zero-order valence-electron chi connectivity index (χ0n) is 6.36. The van der Waals surface area contributed by atoms with E-state index in [4.69, 9.17) is 17.2 Å². The van der Waals surface area contributed by atoms with Crippen molar-refractivity contribution in [1.29, 1.82) is 0 Å². The van der Waals surface area contributed by atoms with Gasteiger partial charge in [0.2, 0.25) is 5.96 Å². The molecule has 1 aromatic rings. The highest BCUT2D eigenvalue weighted by Gasteiger charge is 1.90. The highest BCUT2D eigenvalue weighted by Crippen LogP contribution is 2.05. The monoisotopic (exact) mass is 166 g/mol. The van der Waals surface area contributed by atoms with Gasteiger partial charge in [-0.2, -0.15) is 9.98 Å². The minimum Gasteiger partial charge on any atom is -0.370 e. The smallest absolute Gasteiger partial charge is 0.225 e. The SMILES string of the molecule is NC(N)=N/C(N)=N/c1ccc[nH]1. The quantitative estimate of drug-likeness (QED) is 0.324. The summed E-state index contributed by atoms with van der Waals surface area (Å²) in [6.45, 7) is 0. The van der Waals surface area contributed by atoms with Crippen LogP contribution in [0, 0.1) is 0 Å². The van der Waals surface area contributed by atoms with Crippen molar-refractivity contribution in [3.8, 4) is 0 Å². The summed E-state index contributed by atoms with van der Waals surface area (Å²) in [4.78, 5) is 10.2. The summed E-state index contributed by atoms with van der Waals surface area (Å²) >= 11 is 0. The molecule has 0 saturated carbocycles. The summed E-state index contributed by atoms with van der Waals surface area (Å²) in [6.07, 6.45) is 1.72. The molecule has 7 N–H and O–H groups in total. The molecule has 0 aliphatic rings. The minimum absolute atomic E-state index is 0.0254. The molecule has 0 aromatic carbocycles. The van der Waals surface area contributed by atoms with Crippen LogP contribution < -0.4 is 17.2 Å². The number of nitrogens with zero attached hydrogens (tertiary/aromatic N) is 2. The average Bonchev–Trinajstić information content (AvgIpc) is 2.37. The van der Waals surface area contributed by atoms with Crippen molar-refractivity contribution >= 4 is 17.7 Å². The molecule has 64 valence electrons. The molecule has 6 heteroatoms. The number of rotatable bonds is 1. The van der Waals surface area contributed by atoms with Gasteiger partial charge >= 0.3 is 0 Å². The van der Waals surface area contributed by atoms with Gasteiger partial charge in [-0.3, -0.25) is 0 Å². The van der Waals surface area contributed by atoms with Crippen LogP contribution in [0.4, 0.5) is 5.82 Å². The number of hydrogen-bond donors (Lipinski definition) is 4. The molecule has 0 aliphatic heterocycles. The first-order valence-electron chi connectivity index (χ1n) is 3.25. The second-order valence-electron chi connectivity index (χ2n) is 2.06. The van der Waals surface area contributed by atoms with Crippen LogP contribution in [0.1, 0.15) is 0 Å². The Kier molecular flexibility index (Phi) is 2.32. The van der Waals surface area contributed by atoms with E-state index in [0.29, 0.717) is 5.82 Å². The molecule has 0 aliphatic carbocycles. The maximum atomic E-state index is 5.35. The van der Waals surface area contributed by atoms with Crippen LogP contribution in [0.25, 0.3) is 0 Å². The Balaban J connectivity index is 2.77. The van der Waals surface area contributed by atoms with Crippen molar-refractivity contribution in [3.05, 3.63) is 18.3 Å². The lowest BCUT2D eigenvalue weighted by molar-refractivity contribution is 1.30. The fourth-order valence-electron chi connectivity index (χ4n) is 0.671. The van der Waals surface area contributed by atoms with Crippen LogP contribution in [0.3, 0.4) is 0 Å². The van der Waals surface area contributed by atoms with Crippen LogP contribution in [0.15, 0.2) is 28.3 Å². The third-order valence-electron chi connectivity index (χ3n) is 1.06. The summed E-state index contributed by atoms with van der Waals surface area (Å²) in [7, 11) is 0. The van der Waals surface area contributed by atoms with Crippen LogP contribution in [-0.4, -0.2) is 16.9 Å². The lowest BCUT2D eigenvalue weighted by Gasteiger charge is -1.91. The van der Waals surface area contributed by atoms with Crippen LogP contribution in [0.2, 0.25) is 0 Å². The summed E-state index contributed by atoms with van der Waals surface area (Å²) in [6, 6.07) is 3.54. The Hall–Kier alpha value is -1.98. The molecule has 0 spiro atoms. The third kappa shape index (κ3) is 2.33. The van der Waals surface area contributed by atoms with Gasteiger partial charge in [0.25, 0.3) is 0 Å². The van der Waals surface area contributed by atoms with Crippen molar-refractivity contribution in [2.24, 2.45) is 27.2 Å². The molecule has 1 aromatic heterocycles. The van der Waals surface area contributed by atoms with Crippen molar-refractivity contribution in [2.75, 3.05) is 0 Å². The van der Waals surface area contributed by atoms with Crippen LogP contribution >= 0.6 is 0 Å². The Morgan fingerprint density at radius 2 is 2.08 bits per heavy atom. The van der Waals surface area contributed by atoms with E-state index in [1.807, 2.05) is 0 Å². The second kappa shape index (κ2) is 3.42. The van der Waals surface area contributed by atoms with E-state index in [2.05, 4.69) is 15.0 Å². The molecular formula is C6H10N6. The highest BCUT2D eigenvalue weighted by molar-refractivity contribution is 5.93. The van der Waals surface area contributed by atoms with E-state index >= 15 is 0 Å². The lowest BCUT2D eigenvalue weighted by atomic mass is 10.6. The number of nitrogens with one attached hydrogen (secondary N) is 1. The zero-order valence-corrected chi connectivity index (χ0v) is 6.36. The van der Waals surface area contributed by atoms with E-state index in [9.17, 15) is 0 Å². The van der Waals surface area contributed by atoms with Crippen molar-refractivity contribution in [3.63, 3.8) is 0 Å². The fraction of sp³-hybridized carbons (Fsp3) is 0. The number of nitrogens with two attached hydrogens (primary N) is 3. The topological polar surface area (TPSA) is 119 Å². The minimum atomic E-state index is -0.109. The number of H-pyrrole nitrogens is 1. The number of aromatic amines is 1. The molecule has 0 unspecified atom stereocenters. The van der Waals surface area contributed by atoms with Crippen molar-refractivity contribution < 1.29 is 0 Å². The number of guanidine groups is 2. The van der Waals surface area contributed by atoms with Crippen molar-refractivity contribution in [1.82, 2.24) is 4.98 Å². The fourth-order valence-corrected chi connectivity index (χ4v) is 0.671. The summed E-state index contributed by atoms with van der Waals surface area (Å²) in [5.74, 6) is 0.526. The largest absolute Gasteiger partial charge is 0.370 e. The Bertz CT molecular complexity index is 292. The van der Waals surface area contributed by atoms with Crippen molar-refractivity contribution in [2.45, 2.75) is 0 Å². The first-order valence-corrected chi connectivity index (χ1v) is 3.25. The van der Waals surface area contributed by atoms with Gasteiger partial charge in [-0.05, 0) is 12.1 Å². The molecule has 0 amide bonds. The standard InChI is InChI=1S/C6H10N6/c7-5(8)12-6(9)11-4-2-1-3-10-4/h1-3,10H,(H6,7,8,9,11,12). The van der Waals surface area contributed by atoms with Gasteiger partial charge in [-0.1, -0.05) is 0 Å². The van der Waals surface area contributed by atoms with Gasteiger partial charge in [0.15, 0.2) is 5.96 Å². The molecule has 0 bridgehead atoms. The van der Waals surface area contributed by atoms with Gasteiger partial charge in [0.1, 0.15) is 5.82 Å². The highest BCUT2D eigenvalue weighted by atomic mass is 15.1. The Morgan fingerprint density at radius 1 is 1.33 bits per heavy atom. The first kappa shape index (κ1) is 8.12. The lowest BCUT2D eigenvalue weighted by Crippen LogP contribution is -2.26. The number of aliphatic imine (C=N–C) groups is 2. The molecule has 1 heterocycles. The summed E-state index contributed by atoms with van der Waals surface area (Å²) in [5.41, 5.74) is 15.5. The Morgan fingerprint density at radius 3 is 2.58 bits per heavy atom. The molecule has 0 radical (unpaired) electrons. The predicted molar refractivity (Wildman–Crippen MR) is 47.9 cm³/mol. The van der Waals surface area contributed by atoms with E-state index < -0.39 is 0 Å². The number of hydrogen-bond acceptors (Lipinski definition) is 1. The molecular weight excluding hydrogens is 156 g/mol. The predicted octanol–water partition coefficient (Wildman–Crippen LogP) is -0.766. The van der Waals surface area contributed by atoms with Gasteiger partial charge in [-0.15, -0.1) is 0 Å². The molecule has 1 rings (SSSR count). The molecule has 6 nitrogen and oxygen atoms in total. The van der Waals surface area contributed by atoms with E-state index in [0.717, 1.165) is 0 Å². The average molecular weight is 166 g/mol. The molecule has 12 heavy (non-hydrogen) atoms. The maximum Gasteiger partial charge on any atom is 0.225 e. The van der Waals surface area contributed by atoms with Gasteiger partial charge in [-0.25, -0.2) is 0 Å². The first-order chi connectivity index (χ1) is 5.68. The van der Waals surface area contributed by atoms with Gasteiger partial charge < -0.3 is 22.2 Å². The van der Waals surface area contributed by atoms with Gasteiger partial charge in [0, 0.05) is 6.20 Å². The number of aromatic nitrogens is 1. The van der Waals surface area contributed by atoms with E-state index in [-0.39, 0.29) is 11.9 Å². The molecule has 0 atom stereocenters. The zero-order chi connectivity index (χ0) is 8.97. The van der Waals surface area contributed by atoms with Crippen LogP contribution in [0.5, 0.6) is 0 Å². The third-order valence-corrected chi connectivity index (χ3v) is 1.06. The second-order valence-corrected chi connectivity index (χ2v) is 2.06.